The summed E-state index contributed by atoms with van der Waals surface area (Å²) in [7, 11) is 0. The Balaban J connectivity index is 2.16. The summed E-state index contributed by atoms with van der Waals surface area (Å²) in [4.78, 5) is 7.52. The Hall–Kier alpha value is -4.26. The number of hydrogen-bond donors (Lipinski definition) is 1. The predicted molar refractivity (Wildman–Crippen MR) is 109 cm³/mol. The molecule has 0 amide bonds. The van der Waals surface area contributed by atoms with Gasteiger partial charge in [0.25, 0.3) is 0 Å². The fraction of sp³-hybridized carbons (Fsp3) is 0.0909. The molecule has 4 aromatic rings. The molecular formula is C22H14F4N6. The summed E-state index contributed by atoms with van der Waals surface area (Å²) in [5.41, 5.74) is 7.15. The molecule has 0 atom stereocenters. The van der Waals surface area contributed by atoms with Gasteiger partial charge in [-0.15, -0.1) is 0 Å². The van der Waals surface area contributed by atoms with Gasteiger partial charge in [0.2, 0.25) is 5.82 Å². The van der Waals surface area contributed by atoms with Crippen LogP contribution in [0.15, 0.2) is 54.6 Å². The van der Waals surface area contributed by atoms with Crippen LogP contribution in [0.25, 0.3) is 28.2 Å². The molecule has 2 N–H and O–H groups in total. The number of nitrogens with zero attached hydrogens (tertiary/aromatic N) is 5. The van der Waals surface area contributed by atoms with Gasteiger partial charge in [-0.05, 0) is 36.8 Å². The smallest absolute Gasteiger partial charge is 0.382 e. The number of nitrogens with two attached hydrogens (primary N) is 1. The number of rotatable bonds is 3. The van der Waals surface area contributed by atoms with Crippen LogP contribution in [0, 0.1) is 24.1 Å². The zero-order valence-electron chi connectivity index (χ0n) is 16.5. The highest BCUT2D eigenvalue weighted by atomic mass is 19.4. The monoisotopic (exact) mass is 438 g/mol. The number of anilines is 1. The highest BCUT2D eigenvalue weighted by Gasteiger charge is 2.37. The molecule has 160 valence electrons. The van der Waals surface area contributed by atoms with E-state index in [0.717, 1.165) is 16.8 Å². The summed E-state index contributed by atoms with van der Waals surface area (Å²) >= 11 is 0. The van der Waals surface area contributed by atoms with E-state index in [2.05, 4.69) is 15.1 Å². The van der Waals surface area contributed by atoms with Crippen molar-refractivity contribution in [2.75, 3.05) is 5.73 Å². The summed E-state index contributed by atoms with van der Waals surface area (Å²) in [5.74, 6) is -2.37. The average Bonchev–Trinajstić information content (AvgIpc) is 3.06. The fourth-order valence-electron chi connectivity index (χ4n) is 3.26. The molecule has 0 unspecified atom stereocenters. The lowest BCUT2D eigenvalue weighted by molar-refractivity contribution is -0.144. The Morgan fingerprint density at radius 3 is 2.19 bits per heavy atom. The SMILES string of the molecule is Cc1nn(-c2nc(C(F)(F)F)nc(-c3ccc(F)cc3)c2-c2ccccc2)c(N)c1C#N. The van der Waals surface area contributed by atoms with Gasteiger partial charge in [0, 0.05) is 5.56 Å². The van der Waals surface area contributed by atoms with E-state index >= 15 is 0 Å². The third kappa shape index (κ3) is 3.65. The molecule has 0 fully saturated rings. The van der Waals surface area contributed by atoms with E-state index in [0.29, 0.717) is 5.56 Å². The Labute approximate surface area is 179 Å². The largest absolute Gasteiger partial charge is 0.451 e. The first-order valence-corrected chi connectivity index (χ1v) is 9.27. The zero-order chi connectivity index (χ0) is 23.0. The number of benzene rings is 2. The van der Waals surface area contributed by atoms with Crippen molar-refractivity contribution < 1.29 is 17.6 Å². The van der Waals surface area contributed by atoms with Crippen LogP contribution in [0.2, 0.25) is 0 Å². The molecule has 0 saturated heterocycles. The first kappa shape index (κ1) is 21.0. The molecule has 2 heterocycles. The molecule has 0 radical (unpaired) electrons. The first-order valence-electron chi connectivity index (χ1n) is 9.27. The van der Waals surface area contributed by atoms with Crippen molar-refractivity contribution in [3.8, 4) is 34.3 Å². The second-order valence-corrected chi connectivity index (χ2v) is 6.83. The normalized spacial score (nSPS) is 11.4. The molecular weight excluding hydrogens is 424 g/mol. The lowest BCUT2D eigenvalue weighted by Gasteiger charge is -2.17. The topological polar surface area (TPSA) is 93.4 Å². The maximum absolute atomic E-state index is 13.7. The third-order valence-corrected chi connectivity index (χ3v) is 4.73. The number of hydrogen-bond acceptors (Lipinski definition) is 5. The second-order valence-electron chi connectivity index (χ2n) is 6.83. The molecule has 6 nitrogen and oxygen atoms in total. The molecule has 2 aromatic carbocycles. The fourth-order valence-corrected chi connectivity index (χ4v) is 3.26. The van der Waals surface area contributed by atoms with Crippen molar-refractivity contribution in [2.24, 2.45) is 0 Å². The molecule has 10 heteroatoms. The lowest BCUT2D eigenvalue weighted by atomic mass is 9.99. The minimum Gasteiger partial charge on any atom is -0.382 e. The third-order valence-electron chi connectivity index (χ3n) is 4.73. The number of aryl methyl sites for hydroxylation is 1. The van der Waals surface area contributed by atoms with E-state index in [9.17, 15) is 22.8 Å². The number of halogens is 4. The Morgan fingerprint density at radius 2 is 1.62 bits per heavy atom. The average molecular weight is 438 g/mol. The van der Waals surface area contributed by atoms with Gasteiger partial charge in [0.15, 0.2) is 5.82 Å². The van der Waals surface area contributed by atoms with Crippen molar-refractivity contribution >= 4 is 5.82 Å². The van der Waals surface area contributed by atoms with E-state index in [1.165, 1.54) is 19.1 Å². The van der Waals surface area contributed by atoms with Gasteiger partial charge in [-0.3, -0.25) is 0 Å². The standard InChI is InChI=1S/C22H14F4N6/c1-12-16(11-27)19(28)32(31-12)20-17(13-5-3-2-4-6-13)18(14-7-9-15(23)10-8-14)29-21(30-20)22(24,25)26/h2-10H,28H2,1H3. The van der Waals surface area contributed by atoms with E-state index in [1.54, 1.807) is 30.3 Å². The lowest BCUT2D eigenvalue weighted by Crippen LogP contribution is -2.17. The Kier molecular flexibility index (Phi) is 5.10. The molecule has 0 aliphatic heterocycles. The van der Waals surface area contributed by atoms with Gasteiger partial charge >= 0.3 is 6.18 Å². The van der Waals surface area contributed by atoms with Crippen molar-refractivity contribution in [1.29, 1.82) is 5.26 Å². The van der Waals surface area contributed by atoms with Crippen molar-refractivity contribution in [1.82, 2.24) is 19.7 Å². The number of alkyl halides is 3. The summed E-state index contributed by atoms with van der Waals surface area (Å²) in [6.07, 6.45) is -4.88. The van der Waals surface area contributed by atoms with Gasteiger partial charge in [-0.25, -0.2) is 14.4 Å². The minimum absolute atomic E-state index is 0.0273. The minimum atomic E-state index is -4.88. The first-order chi connectivity index (χ1) is 15.2. The van der Waals surface area contributed by atoms with E-state index in [-0.39, 0.29) is 39.7 Å². The highest BCUT2D eigenvalue weighted by molar-refractivity contribution is 5.86. The maximum Gasteiger partial charge on any atom is 0.451 e. The highest BCUT2D eigenvalue weighted by Crippen LogP contribution is 2.39. The number of nitrogen functional groups attached to an aromatic ring is 1. The summed E-state index contributed by atoms with van der Waals surface area (Å²) in [6, 6.07) is 15.3. The molecule has 0 saturated carbocycles. The van der Waals surface area contributed by atoms with E-state index in [1.807, 2.05) is 6.07 Å². The van der Waals surface area contributed by atoms with Gasteiger partial charge < -0.3 is 5.73 Å². The number of aromatic nitrogens is 4. The van der Waals surface area contributed by atoms with Crippen LogP contribution >= 0.6 is 0 Å². The van der Waals surface area contributed by atoms with Gasteiger partial charge in [-0.1, -0.05) is 30.3 Å². The molecule has 32 heavy (non-hydrogen) atoms. The molecule has 0 bridgehead atoms. The van der Waals surface area contributed by atoms with E-state index in [4.69, 9.17) is 5.73 Å². The quantitative estimate of drug-likeness (QED) is 0.459. The molecule has 0 aliphatic rings. The molecule has 0 aliphatic carbocycles. The van der Waals surface area contributed by atoms with Crippen LogP contribution in [0.4, 0.5) is 23.4 Å². The van der Waals surface area contributed by atoms with Crippen molar-refractivity contribution in [2.45, 2.75) is 13.1 Å². The van der Waals surface area contributed by atoms with Crippen LogP contribution in [-0.4, -0.2) is 19.7 Å². The van der Waals surface area contributed by atoms with Crippen molar-refractivity contribution in [3.63, 3.8) is 0 Å². The summed E-state index contributed by atoms with van der Waals surface area (Å²) < 4.78 is 55.7. The molecule has 0 spiro atoms. The van der Waals surface area contributed by atoms with E-state index < -0.39 is 17.8 Å². The predicted octanol–water partition coefficient (Wildman–Crippen LogP) is 4.92. The molecule has 4 rings (SSSR count). The van der Waals surface area contributed by atoms with Crippen LogP contribution in [0.5, 0.6) is 0 Å². The van der Waals surface area contributed by atoms with Crippen molar-refractivity contribution in [3.05, 3.63) is 77.5 Å². The Morgan fingerprint density at radius 1 is 0.969 bits per heavy atom. The van der Waals surface area contributed by atoms with Gasteiger partial charge in [0.1, 0.15) is 23.3 Å². The maximum atomic E-state index is 13.7. The van der Waals surface area contributed by atoms with Crippen LogP contribution in [-0.2, 0) is 6.18 Å². The number of nitriles is 1. The zero-order valence-corrected chi connectivity index (χ0v) is 16.5. The van der Waals surface area contributed by atoms with Gasteiger partial charge in [0.05, 0.1) is 17.0 Å². The summed E-state index contributed by atoms with van der Waals surface area (Å²) in [6.45, 7) is 1.51. The van der Waals surface area contributed by atoms with Crippen LogP contribution in [0.1, 0.15) is 17.1 Å². The molecule has 2 aromatic heterocycles. The Bertz CT molecular complexity index is 1340. The summed E-state index contributed by atoms with van der Waals surface area (Å²) in [5, 5.41) is 13.5. The van der Waals surface area contributed by atoms with Gasteiger partial charge in [-0.2, -0.15) is 28.2 Å². The second kappa shape index (κ2) is 7.77. The van der Waals surface area contributed by atoms with Crippen LogP contribution < -0.4 is 5.73 Å². The van der Waals surface area contributed by atoms with Crippen LogP contribution in [0.3, 0.4) is 0 Å².